The van der Waals surface area contributed by atoms with Crippen molar-refractivity contribution in [2.75, 3.05) is 0 Å². The maximum atomic E-state index is 12.1. The van der Waals surface area contributed by atoms with Crippen LogP contribution in [0.1, 0.15) is 36.6 Å². The Balaban J connectivity index is 1.94. The van der Waals surface area contributed by atoms with Crippen LogP contribution in [0.4, 0.5) is 0 Å². The van der Waals surface area contributed by atoms with Gasteiger partial charge in [0.15, 0.2) is 0 Å². The van der Waals surface area contributed by atoms with Crippen molar-refractivity contribution >= 4 is 17.5 Å². The fourth-order valence-corrected chi connectivity index (χ4v) is 2.52. The molecule has 2 unspecified atom stereocenters. The summed E-state index contributed by atoms with van der Waals surface area (Å²) in [5.74, 6) is -0.0845. The van der Waals surface area contributed by atoms with Gasteiger partial charge in [-0.25, -0.2) is 0 Å². The predicted molar refractivity (Wildman–Crippen MR) is 86.0 cm³/mol. The molecule has 1 amide bonds. The van der Waals surface area contributed by atoms with E-state index in [-0.39, 0.29) is 24.4 Å². The Hall–Kier alpha value is -1.84. The normalized spacial score (nSPS) is 13.5. The molecule has 3 nitrogen and oxygen atoms in total. The van der Waals surface area contributed by atoms with Gasteiger partial charge in [0.25, 0.3) is 0 Å². The summed E-state index contributed by atoms with van der Waals surface area (Å²) in [6.45, 7) is 1.91. The quantitative estimate of drug-likeness (QED) is 0.886. The second-order valence-electron chi connectivity index (χ2n) is 5.03. The molecule has 0 radical (unpaired) electrons. The predicted octanol–water partition coefficient (Wildman–Crippen LogP) is 3.61. The number of halogens is 1. The Kier molecular flexibility index (Phi) is 5.37. The van der Waals surface area contributed by atoms with Crippen LogP contribution >= 0.6 is 11.6 Å². The van der Waals surface area contributed by atoms with Crippen LogP contribution in [0.15, 0.2) is 54.6 Å². The molecule has 0 aliphatic rings. The van der Waals surface area contributed by atoms with Crippen molar-refractivity contribution in [1.29, 1.82) is 0 Å². The van der Waals surface area contributed by atoms with Crippen molar-refractivity contribution in [2.24, 2.45) is 5.73 Å². The van der Waals surface area contributed by atoms with Crippen LogP contribution in [0.3, 0.4) is 0 Å². The fourth-order valence-electron chi connectivity index (χ4n) is 2.22. The van der Waals surface area contributed by atoms with Gasteiger partial charge in [-0.15, -0.1) is 0 Å². The molecule has 2 atom stereocenters. The molecule has 0 bridgehead atoms. The number of benzene rings is 2. The number of rotatable bonds is 5. The number of carbonyl (C=O) groups excluding carboxylic acids is 1. The molecular weight excluding hydrogens is 284 g/mol. The molecular formula is C17H19ClN2O. The van der Waals surface area contributed by atoms with Crippen molar-refractivity contribution in [2.45, 2.75) is 25.4 Å². The van der Waals surface area contributed by atoms with E-state index < -0.39 is 0 Å². The molecule has 0 aliphatic heterocycles. The third kappa shape index (κ3) is 4.31. The third-order valence-corrected chi connectivity index (χ3v) is 3.73. The lowest BCUT2D eigenvalue weighted by Crippen LogP contribution is -2.29. The van der Waals surface area contributed by atoms with E-state index in [9.17, 15) is 4.79 Å². The maximum absolute atomic E-state index is 12.1. The van der Waals surface area contributed by atoms with Crippen molar-refractivity contribution < 1.29 is 4.79 Å². The lowest BCUT2D eigenvalue weighted by molar-refractivity contribution is -0.122. The molecule has 0 fully saturated rings. The Morgan fingerprint density at radius 1 is 1.14 bits per heavy atom. The van der Waals surface area contributed by atoms with Crippen LogP contribution in [0, 0.1) is 0 Å². The van der Waals surface area contributed by atoms with Crippen LogP contribution in [0.2, 0.25) is 5.02 Å². The van der Waals surface area contributed by atoms with Crippen molar-refractivity contribution in [3.8, 4) is 0 Å². The molecule has 0 aliphatic carbocycles. The van der Waals surface area contributed by atoms with Crippen molar-refractivity contribution in [3.63, 3.8) is 0 Å². The molecule has 110 valence electrons. The smallest absolute Gasteiger partial charge is 0.222 e. The largest absolute Gasteiger partial charge is 0.349 e. The second kappa shape index (κ2) is 7.25. The molecule has 2 rings (SSSR count). The third-order valence-electron chi connectivity index (χ3n) is 3.38. The van der Waals surface area contributed by atoms with Gasteiger partial charge in [0.2, 0.25) is 5.91 Å². The van der Waals surface area contributed by atoms with Gasteiger partial charge in [0.05, 0.1) is 6.04 Å². The minimum atomic E-state index is -0.301. The van der Waals surface area contributed by atoms with Gasteiger partial charge in [-0.2, -0.15) is 0 Å². The number of amides is 1. The zero-order valence-corrected chi connectivity index (χ0v) is 12.7. The van der Waals surface area contributed by atoms with Crippen LogP contribution in [0.5, 0.6) is 0 Å². The van der Waals surface area contributed by atoms with Crippen LogP contribution in [-0.2, 0) is 4.79 Å². The number of hydrogen-bond donors (Lipinski definition) is 2. The highest BCUT2D eigenvalue weighted by Gasteiger charge is 2.15. The van der Waals surface area contributed by atoms with E-state index in [2.05, 4.69) is 5.32 Å². The summed E-state index contributed by atoms with van der Waals surface area (Å²) in [6, 6.07) is 16.7. The molecule has 2 aromatic rings. The monoisotopic (exact) mass is 302 g/mol. The summed E-state index contributed by atoms with van der Waals surface area (Å²) in [5, 5.41) is 3.58. The van der Waals surface area contributed by atoms with Crippen molar-refractivity contribution in [3.05, 3.63) is 70.7 Å². The summed E-state index contributed by atoms with van der Waals surface area (Å²) >= 11 is 6.13. The number of nitrogens with two attached hydrogens (primary N) is 1. The van der Waals surface area contributed by atoms with Crippen LogP contribution < -0.4 is 11.1 Å². The first kappa shape index (κ1) is 15.5. The Labute approximate surface area is 130 Å². The highest BCUT2D eigenvalue weighted by Crippen LogP contribution is 2.22. The summed E-state index contributed by atoms with van der Waals surface area (Å²) < 4.78 is 0. The Bertz CT molecular complexity index is 601. The first-order valence-electron chi connectivity index (χ1n) is 6.92. The first-order valence-corrected chi connectivity index (χ1v) is 7.30. The van der Waals surface area contributed by atoms with E-state index >= 15 is 0 Å². The highest BCUT2D eigenvalue weighted by molar-refractivity contribution is 6.31. The molecule has 2 aromatic carbocycles. The average molecular weight is 303 g/mol. The molecule has 4 heteroatoms. The summed E-state index contributed by atoms with van der Waals surface area (Å²) in [4.78, 5) is 12.1. The highest BCUT2D eigenvalue weighted by atomic mass is 35.5. The molecule has 0 saturated heterocycles. The summed E-state index contributed by atoms with van der Waals surface area (Å²) in [6.07, 6.45) is 0.249. The van der Waals surface area contributed by atoms with E-state index in [0.717, 1.165) is 11.1 Å². The van der Waals surface area contributed by atoms with E-state index in [1.165, 1.54) is 0 Å². The van der Waals surface area contributed by atoms with Crippen molar-refractivity contribution in [1.82, 2.24) is 5.32 Å². The number of hydrogen-bond acceptors (Lipinski definition) is 2. The van der Waals surface area contributed by atoms with Gasteiger partial charge < -0.3 is 11.1 Å². The first-order chi connectivity index (χ1) is 10.1. The Morgan fingerprint density at radius 3 is 2.43 bits per heavy atom. The SMILES string of the molecule is CC(NC(=O)CC(N)c1ccccc1)c1ccccc1Cl. The van der Waals surface area contributed by atoms with Gasteiger partial charge in [-0.1, -0.05) is 60.1 Å². The van der Waals surface area contributed by atoms with E-state index in [1.807, 2.05) is 61.5 Å². The van der Waals surface area contributed by atoms with E-state index in [1.54, 1.807) is 0 Å². The van der Waals surface area contributed by atoms with E-state index in [0.29, 0.717) is 5.02 Å². The van der Waals surface area contributed by atoms with Gasteiger partial charge in [0, 0.05) is 17.5 Å². The molecule has 0 aromatic heterocycles. The van der Waals surface area contributed by atoms with Gasteiger partial charge >= 0.3 is 0 Å². The van der Waals surface area contributed by atoms with Gasteiger partial charge in [-0.3, -0.25) is 4.79 Å². The summed E-state index contributed by atoms with van der Waals surface area (Å²) in [7, 11) is 0. The average Bonchev–Trinajstić information content (AvgIpc) is 2.48. The van der Waals surface area contributed by atoms with Gasteiger partial charge in [-0.05, 0) is 24.1 Å². The lowest BCUT2D eigenvalue weighted by Gasteiger charge is -2.17. The zero-order valence-electron chi connectivity index (χ0n) is 11.9. The second-order valence-corrected chi connectivity index (χ2v) is 5.44. The van der Waals surface area contributed by atoms with Crippen LogP contribution in [0.25, 0.3) is 0 Å². The fraction of sp³-hybridized carbons (Fsp3) is 0.235. The zero-order chi connectivity index (χ0) is 15.2. The van der Waals surface area contributed by atoms with E-state index in [4.69, 9.17) is 17.3 Å². The number of carbonyl (C=O) groups is 1. The standard InChI is InChI=1S/C17H19ClN2O/c1-12(14-9-5-6-10-15(14)18)20-17(21)11-16(19)13-7-3-2-4-8-13/h2-10,12,16H,11,19H2,1H3,(H,20,21). The molecule has 0 spiro atoms. The summed E-state index contributed by atoms with van der Waals surface area (Å²) in [5.41, 5.74) is 7.91. The minimum absolute atomic E-state index is 0.0845. The number of nitrogens with one attached hydrogen (secondary N) is 1. The minimum Gasteiger partial charge on any atom is -0.349 e. The molecule has 3 N–H and O–H groups in total. The Morgan fingerprint density at radius 2 is 1.76 bits per heavy atom. The topological polar surface area (TPSA) is 55.1 Å². The molecule has 21 heavy (non-hydrogen) atoms. The van der Waals surface area contributed by atoms with Crippen LogP contribution in [-0.4, -0.2) is 5.91 Å². The lowest BCUT2D eigenvalue weighted by atomic mass is 10.0. The maximum Gasteiger partial charge on any atom is 0.222 e. The molecule has 0 heterocycles. The molecule has 0 saturated carbocycles. The van der Waals surface area contributed by atoms with Gasteiger partial charge in [0.1, 0.15) is 0 Å².